The van der Waals surface area contributed by atoms with Crippen LogP contribution < -0.4 is 15.4 Å². The Balaban J connectivity index is 1.54. The van der Waals surface area contributed by atoms with Crippen molar-refractivity contribution in [3.05, 3.63) is 78.1 Å². The number of para-hydroxylation sites is 1. The number of ether oxygens (including phenoxy) is 1. The summed E-state index contributed by atoms with van der Waals surface area (Å²) in [6, 6.07) is 19.8. The van der Waals surface area contributed by atoms with Gasteiger partial charge in [0, 0.05) is 35.6 Å². The molecule has 0 saturated heterocycles. The van der Waals surface area contributed by atoms with Crippen LogP contribution in [-0.4, -0.2) is 23.9 Å². The van der Waals surface area contributed by atoms with Crippen LogP contribution in [0.15, 0.2) is 66.7 Å². The number of aryl methyl sites for hydroxylation is 1. The van der Waals surface area contributed by atoms with Crippen LogP contribution in [-0.2, 0) is 16.0 Å². The molecule has 3 aromatic carbocycles. The molecule has 6 nitrogen and oxygen atoms in total. The summed E-state index contributed by atoms with van der Waals surface area (Å²) in [4.78, 5) is 27.4. The molecule has 0 spiro atoms. The van der Waals surface area contributed by atoms with Crippen LogP contribution in [0.2, 0.25) is 0 Å². The number of rotatable bonds is 7. The summed E-state index contributed by atoms with van der Waals surface area (Å²) in [5.41, 5.74) is 4.45. The molecule has 168 valence electrons. The van der Waals surface area contributed by atoms with Crippen molar-refractivity contribution >= 4 is 34.1 Å². The highest BCUT2D eigenvalue weighted by molar-refractivity contribution is 5.95. The molecule has 0 bridgehead atoms. The first-order chi connectivity index (χ1) is 15.9. The molecule has 1 aromatic heterocycles. The molecule has 0 atom stereocenters. The third-order valence-electron chi connectivity index (χ3n) is 5.36. The van der Waals surface area contributed by atoms with Gasteiger partial charge in [-0.3, -0.25) is 9.59 Å². The summed E-state index contributed by atoms with van der Waals surface area (Å²) in [6.45, 7) is 1.30. The third-order valence-corrected chi connectivity index (χ3v) is 5.36. The second kappa shape index (κ2) is 9.56. The average molecular weight is 445 g/mol. The molecule has 0 aliphatic rings. The molecule has 4 rings (SSSR count). The van der Waals surface area contributed by atoms with Crippen molar-refractivity contribution in [2.45, 2.75) is 19.8 Å². The van der Waals surface area contributed by atoms with E-state index in [1.807, 2.05) is 48.5 Å². The molecule has 0 aliphatic carbocycles. The zero-order valence-corrected chi connectivity index (χ0v) is 18.4. The molecular weight excluding hydrogens is 421 g/mol. The zero-order chi connectivity index (χ0) is 23.4. The number of aromatic nitrogens is 1. The highest BCUT2D eigenvalue weighted by atomic mass is 19.1. The molecule has 1 heterocycles. The normalized spacial score (nSPS) is 10.8. The molecule has 0 saturated carbocycles. The second-order valence-electron chi connectivity index (χ2n) is 7.68. The lowest BCUT2D eigenvalue weighted by Gasteiger charge is -2.10. The maximum absolute atomic E-state index is 13.9. The number of hydrogen-bond acceptors (Lipinski definition) is 3. The minimum absolute atomic E-state index is 0.0266. The number of aromatic amines is 1. The van der Waals surface area contributed by atoms with E-state index >= 15 is 0 Å². The Morgan fingerprint density at radius 1 is 1.00 bits per heavy atom. The largest absolute Gasteiger partial charge is 0.497 e. The van der Waals surface area contributed by atoms with E-state index < -0.39 is 5.82 Å². The van der Waals surface area contributed by atoms with Gasteiger partial charge in [0.2, 0.25) is 11.8 Å². The third kappa shape index (κ3) is 5.03. The van der Waals surface area contributed by atoms with E-state index in [-0.39, 0.29) is 23.9 Å². The van der Waals surface area contributed by atoms with Gasteiger partial charge in [-0.1, -0.05) is 18.2 Å². The van der Waals surface area contributed by atoms with Crippen LogP contribution in [0, 0.1) is 5.82 Å². The predicted octanol–water partition coefficient (Wildman–Crippen LogP) is 5.51. The quantitative estimate of drug-likeness (QED) is 0.351. The standard InChI is InChI=1S/C26H24FN3O3/c1-16(31)28-24-15-18(9-13-22(24)27)29-25(32)14-12-21-20-5-3-4-6-23(20)30-26(21)17-7-10-19(33-2)11-8-17/h3-11,13,15,30H,12,14H2,1-2H3,(H,28,31)(H,29,32). The molecule has 0 aliphatic heterocycles. The molecule has 33 heavy (non-hydrogen) atoms. The lowest BCUT2D eigenvalue weighted by molar-refractivity contribution is -0.116. The number of methoxy groups -OCH3 is 1. The molecule has 7 heteroatoms. The fourth-order valence-electron chi connectivity index (χ4n) is 3.81. The van der Waals surface area contributed by atoms with Crippen molar-refractivity contribution in [2.75, 3.05) is 17.7 Å². The first-order valence-corrected chi connectivity index (χ1v) is 10.6. The van der Waals surface area contributed by atoms with Gasteiger partial charge in [0.15, 0.2) is 0 Å². The van der Waals surface area contributed by atoms with Gasteiger partial charge in [-0.15, -0.1) is 0 Å². The molecule has 0 fully saturated rings. The van der Waals surface area contributed by atoms with E-state index in [0.29, 0.717) is 12.1 Å². The Kier molecular flexibility index (Phi) is 6.40. The van der Waals surface area contributed by atoms with Crippen molar-refractivity contribution in [3.63, 3.8) is 0 Å². The SMILES string of the molecule is COc1ccc(-c2[nH]c3ccccc3c2CCC(=O)Nc2ccc(F)c(NC(C)=O)c2)cc1. The van der Waals surface area contributed by atoms with Crippen molar-refractivity contribution < 1.29 is 18.7 Å². The number of amides is 2. The van der Waals surface area contributed by atoms with E-state index in [2.05, 4.69) is 15.6 Å². The number of benzene rings is 3. The van der Waals surface area contributed by atoms with Crippen LogP contribution in [0.5, 0.6) is 5.75 Å². The minimum Gasteiger partial charge on any atom is -0.497 e. The van der Waals surface area contributed by atoms with Gasteiger partial charge in [-0.2, -0.15) is 0 Å². The number of carbonyl (C=O) groups is 2. The fourth-order valence-corrected chi connectivity index (χ4v) is 3.81. The lowest BCUT2D eigenvalue weighted by atomic mass is 10.0. The van der Waals surface area contributed by atoms with Crippen molar-refractivity contribution in [2.24, 2.45) is 0 Å². The van der Waals surface area contributed by atoms with Crippen molar-refractivity contribution in [3.8, 4) is 17.0 Å². The van der Waals surface area contributed by atoms with Gasteiger partial charge in [0.05, 0.1) is 12.8 Å². The van der Waals surface area contributed by atoms with Crippen molar-refractivity contribution in [1.29, 1.82) is 0 Å². The van der Waals surface area contributed by atoms with E-state index in [0.717, 1.165) is 33.5 Å². The number of anilines is 2. The number of nitrogens with one attached hydrogen (secondary N) is 3. The maximum atomic E-state index is 13.9. The highest BCUT2D eigenvalue weighted by Gasteiger charge is 2.15. The van der Waals surface area contributed by atoms with Gasteiger partial charge in [-0.05, 0) is 66.1 Å². The number of fused-ring (bicyclic) bond motifs is 1. The van der Waals surface area contributed by atoms with Crippen LogP contribution in [0.1, 0.15) is 18.9 Å². The van der Waals surface area contributed by atoms with E-state index in [9.17, 15) is 14.0 Å². The Morgan fingerprint density at radius 2 is 1.76 bits per heavy atom. The van der Waals surface area contributed by atoms with Crippen LogP contribution in [0.3, 0.4) is 0 Å². The summed E-state index contributed by atoms with van der Waals surface area (Å²) in [6.07, 6.45) is 0.745. The highest BCUT2D eigenvalue weighted by Crippen LogP contribution is 2.32. The second-order valence-corrected chi connectivity index (χ2v) is 7.68. The molecule has 0 radical (unpaired) electrons. The number of hydrogen-bond donors (Lipinski definition) is 3. The summed E-state index contributed by atoms with van der Waals surface area (Å²) < 4.78 is 19.1. The Labute approximate surface area is 190 Å². The van der Waals surface area contributed by atoms with Gasteiger partial charge < -0.3 is 20.4 Å². The predicted molar refractivity (Wildman–Crippen MR) is 128 cm³/mol. The van der Waals surface area contributed by atoms with Crippen molar-refractivity contribution in [1.82, 2.24) is 4.98 Å². The molecule has 2 amide bonds. The van der Waals surface area contributed by atoms with Gasteiger partial charge >= 0.3 is 0 Å². The first kappa shape index (κ1) is 22.1. The summed E-state index contributed by atoms with van der Waals surface area (Å²) in [7, 11) is 1.63. The smallest absolute Gasteiger partial charge is 0.224 e. The van der Waals surface area contributed by atoms with E-state index in [4.69, 9.17) is 4.74 Å². The Bertz CT molecular complexity index is 1310. The van der Waals surface area contributed by atoms with Gasteiger partial charge in [-0.25, -0.2) is 4.39 Å². The average Bonchev–Trinajstić information content (AvgIpc) is 3.18. The van der Waals surface area contributed by atoms with Gasteiger partial charge in [0.1, 0.15) is 11.6 Å². The molecule has 0 unspecified atom stereocenters. The molecule has 4 aromatic rings. The molecule has 3 N–H and O–H groups in total. The summed E-state index contributed by atoms with van der Waals surface area (Å²) in [5, 5.41) is 6.26. The summed E-state index contributed by atoms with van der Waals surface area (Å²) in [5.74, 6) is -0.385. The van der Waals surface area contributed by atoms with Crippen LogP contribution in [0.4, 0.5) is 15.8 Å². The maximum Gasteiger partial charge on any atom is 0.224 e. The summed E-state index contributed by atoms with van der Waals surface area (Å²) >= 11 is 0. The fraction of sp³-hybridized carbons (Fsp3) is 0.154. The van der Waals surface area contributed by atoms with E-state index in [1.165, 1.54) is 25.1 Å². The number of halogens is 1. The van der Waals surface area contributed by atoms with Crippen LogP contribution in [0.25, 0.3) is 22.2 Å². The zero-order valence-electron chi connectivity index (χ0n) is 18.4. The number of carbonyl (C=O) groups excluding carboxylic acids is 2. The lowest BCUT2D eigenvalue weighted by Crippen LogP contribution is -2.13. The monoisotopic (exact) mass is 445 g/mol. The van der Waals surface area contributed by atoms with Crippen LogP contribution >= 0.6 is 0 Å². The Morgan fingerprint density at radius 3 is 2.48 bits per heavy atom. The minimum atomic E-state index is -0.564. The first-order valence-electron chi connectivity index (χ1n) is 10.6. The number of H-pyrrole nitrogens is 1. The molecular formula is C26H24FN3O3. The topological polar surface area (TPSA) is 83.2 Å². The Hall–Kier alpha value is -4.13. The van der Waals surface area contributed by atoms with Gasteiger partial charge in [0.25, 0.3) is 0 Å². The van der Waals surface area contributed by atoms with E-state index in [1.54, 1.807) is 7.11 Å².